The third-order valence-corrected chi connectivity index (χ3v) is 4.40. The number of nitrogens with zero attached hydrogens (tertiary/aromatic N) is 1. The maximum atomic E-state index is 12.2. The van der Waals surface area contributed by atoms with Crippen LogP contribution in [-0.4, -0.2) is 37.0 Å². The molecule has 5 heteroatoms. The van der Waals surface area contributed by atoms with Crippen LogP contribution in [0.3, 0.4) is 0 Å². The number of benzene rings is 1. The van der Waals surface area contributed by atoms with Gasteiger partial charge in [-0.2, -0.15) is 0 Å². The van der Waals surface area contributed by atoms with Crippen LogP contribution in [0.4, 0.5) is 0 Å². The average molecular weight is 332 g/mol. The fourth-order valence-electron chi connectivity index (χ4n) is 2.18. The van der Waals surface area contributed by atoms with Crippen LogP contribution in [-0.2, 0) is 0 Å². The maximum absolute atomic E-state index is 12.2. The lowest BCUT2D eigenvalue weighted by atomic mass is 10.1. The number of nitrogens with one attached hydrogen (secondary N) is 1. The van der Waals surface area contributed by atoms with Crippen molar-refractivity contribution in [1.82, 2.24) is 10.2 Å². The number of amides is 1. The molecule has 1 unspecified atom stereocenters. The first kappa shape index (κ1) is 13.8. The summed E-state index contributed by atoms with van der Waals surface area (Å²) in [5, 5.41) is 3.95. The molecule has 1 aliphatic heterocycles. The fraction of sp³-hybridized carbons (Fsp3) is 0.462. The maximum Gasteiger partial charge on any atom is 0.253 e. The molecule has 1 aliphatic rings. The van der Waals surface area contributed by atoms with Crippen LogP contribution in [0.5, 0.6) is 0 Å². The van der Waals surface area contributed by atoms with Crippen LogP contribution in [0.25, 0.3) is 0 Å². The molecule has 1 saturated heterocycles. The highest BCUT2D eigenvalue weighted by molar-refractivity contribution is 9.10. The number of halogens is 2. The molecule has 98 valence electrons. The van der Waals surface area contributed by atoms with Gasteiger partial charge in [0.2, 0.25) is 0 Å². The second kappa shape index (κ2) is 6.04. The molecule has 1 atom stereocenters. The summed E-state index contributed by atoms with van der Waals surface area (Å²) in [4.78, 5) is 14.0. The van der Waals surface area contributed by atoms with Gasteiger partial charge >= 0.3 is 0 Å². The molecular weight excluding hydrogens is 316 g/mol. The molecule has 1 heterocycles. The largest absolute Gasteiger partial charge is 0.340 e. The van der Waals surface area contributed by atoms with Crippen molar-refractivity contribution in [1.29, 1.82) is 0 Å². The zero-order valence-corrected chi connectivity index (χ0v) is 12.6. The molecule has 0 bridgehead atoms. The first-order chi connectivity index (χ1) is 8.58. The smallest absolute Gasteiger partial charge is 0.253 e. The predicted molar refractivity (Wildman–Crippen MR) is 77.1 cm³/mol. The number of carbonyl (C=O) groups excluding carboxylic acids is 1. The number of rotatable bonds is 3. The number of hydrogen-bond acceptors (Lipinski definition) is 2. The highest BCUT2D eigenvalue weighted by Gasteiger charge is 2.19. The van der Waals surface area contributed by atoms with E-state index in [-0.39, 0.29) is 5.91 Å². The lowest BCUT2D eigenvalue weighted by molar-refractivity contribution is 0.0784. The summed E-state index contributed by atoms with van der Waals surface area (Å²) in [5.41, 5.74) is 0.628. The third-order valence-electron chi connectivity index (χ3n) is 3.17. The first-order valence-electron chi connectivity index (χ1n) is 6.02. The molecule has 0 saturated carbocycles. The van der Waals surface area contributed by atoms with Crippen LogP contribution in [0, 0.1) is 0 Å². The van der Waals surface area contributed by atoms with E-state index in [0.29, 0.717) is 16.6 Å². The van der Waals surface area contributed by atoms with Gasteiger partial charge in [0.05, 0.1) is 5.02 Å². The Balaban J connectivity index is 2.02. The van der Waals surface area contributed by atoms with Gasteiger partial charge in [0.15, 0.2) is 0 Å². The van der Waals surface area contributed by atoms with Crippen LogP contribution in [0.2, 0.25) is 5.02 Å². The molecule has 0 aliphatic carbocycles. The van der Waals surface area contributed by atoms with Crippen molar-refractivity contribution in [3.8, 4) is 0 Å². The Bertz CT molecular complexity index is 447. The minimum atomic E-state index is 0.0121. The molecule has 0 aromatic heterocycles. The van der Waals surface area contributed by atoms with Crippen molar-refractivity contribution < 1.29 is 4.79 Å². The van der Waals surface area contributed by atoms with Crippen LogP contribution < -0.4 is 5.32 Å². The third kappa shape index (κ3) is 3.25. The summed E-state index contributed by atoms with van der Waals surface area (Å²) in [5.74, 6) is 0.0121. The van der Waals surface area contributed by atoms with Gasteiger partial charge < -0.3 is 10.2 Å². The van der Waals surface area contributed by atoms with E-state index in [9.17, 15) is 4.79 Å². The van der Waals surface area contributed by atoms with Crippen LogP contribution >= 0.6 is 27.5 Å². The summed E-state index contributed by atoms with van der Waals surface area (Å²) in [6, 6.07) is 5.71. The first-order valence-corrected chi connectivity index (χ1v) is 7.19. The highest BCUT2D eigenvalue weighted by atomic mass is 79.9. The van der Waals surface area contributed by atoms with Gasteiger partial charge in [-0.1, -0.05) is 11.6 Å². The van der Waals surface area contributed by atoms with E-state index in [1.54, 1.807) is 23.1 Å². The second-order valence-corrected chi connectivity index (χ2v) is 5.87. The van der Waals surface area contributed by atoms with Crippen molar-refractivity contribution in [3.05, 3.63) is 33.3 Å². The summed E-state index contributed by atoms with van der Waals surface area (Å²) < 4.78 is 0.806. The second-order valence-electron chi connectivity index (χ2n) is 4.61. The number of likely N-dealkylation sites (N-methyl/N-ethyl adjacent to an activating group) is 1. The van der Waals surface area contributed by atoms with Crippen LogP contribution in [0.1, 0.15) is 23.2 Å². The van der Waals surface area contributed by atoms with E-state index in [1.165, 1.54) is 6.42 Å². The lowest BCUT2D eigenvalue weighted by Crippen LogP contribution is -2.38. The van der Waals surface area contributed by atoms with Gasteiger partial charge in [-0.3, -0.25) is 4.79 Å². The minimum absolute atomic E-state index is 0.0121. The standard InChI is InChI=1S/C13H16BrClN2O/c1-17(8-10-3-2-6-16-10)13(18)9-4-5-11(14)12(15)7-9/h4-5,7,10,16H,2-3,6,8H2,1H3. The number of carbonyl (C=O) groups is 1. The van der Waals surface area contributed by atoms with Crippen molar-refractivity contribution in [2.75, 3.05) is 20.1 Å². The molecule has 3 nitrogen and oxygen atoms in total. The zero-order valence-electron chi connectivity index (χ0n) is 10.2. The Morgan fingerprint density at radius 1 is 1.61 bits per heavy atom. The summed E-state index contributed by atoms with van der Waals surface area (Å²) >= 11 is 9.32. The Morgan fingerprint density at radius 3 is 3.00 bits per heavy atom. The summed E-state index contributed by atoms with van der Waals surface area (Å²) in [6.07, 6.45) is 2.33. The van der Waals surface area contributed by atoms with Gasteiger partial charge in [0, 0.05) is 29.7 Å². The average Bonchev–Trinajstić information content (AvgIpc) is 2.84. The molecule has 1 aromatic carbocycles. The van der Waals surface area contributed by atoms with E-state index >= 15 is 0 Å². The topological polar surface area (TPSA) is 32.3 Å². The van der Waals surface area contributed by atoms with Gasteiger partial charge in [-0.05, 0) is 53.5 Å². The molecule has 1 amide bonds. The minimum Gasteiger partial charge on any atom is -0.340 e. The molecule has 2 rings (SSSR count). The fourth-order valence-corrected chi connectivity index (χ4v) is 2.60. The highest BCUT2D eigenvalue weighted by Crippen LogP contribution is 2.23. The van der Waals surface area contributed by atoms with Crippen molar-refractivity contribution >= 4 is 33.4 Å². The van der Waals surface area contributed by atoms with Crippen LogP contribution in [0.15, 0.2) is 22.7 Å². The quantitative estimate of drug-likeness (QED) is 0.923. The van der Waals surface area contributed by atoms with E-state index in [4.69, 9.17) is 11.6 Å². The monoisotopic (exact) mass is 330 g/mol. The predicted octanol–water partition coefficient (Wildman–Crippen LogP) is 2.93. The van der Waals surface area contributed by atoms with Crippen molar-refractivity contribution in [3.63, 3.8) is 0 Å². The Morgan fingerprint density at radius 2 is 2.39 bits per heavy atom. The molecule has 0 radical (unpaired) electrons. The summed E-state index contributed by atoms with van der Waals surface area (Å²) in [6.45, 7) is 1.79. The van der Waals surface area contributed by atoms with Gasteiger partial charge in [-0.15, -0.1) is 0 Å². The zero-order chi connectivity index (χ0) is 13.1. The molecular formula is C13H16BrClN2O. The van der Waals surface area contributed by atoms with E-state index in [0.717, 1.165) is 24.0 Å². The van der Waals surface area contributed by atoms with Gasteiger partial charge in [0.1, 0.15) is 0 Å². The normalized spacial score (nSPS) is 18.9. The van der Waals surface area contributed by atoms with E-state index in [2.05, 4.69) is 21.2 Å². The molecule has 1 fully saturated rings. The molecule has 1 aromatic rings. The molecule has 18 heavy (non-hydrogen) atoms. The van der Waals surface area contributed by atoms with E-state index in [1.807, 2.05) is 7.05 Å². The van der Waals surface area contributed by atoms with Crippen molar-refractivity contribution in [2.24, 2.45) is 0 Å². The lowest BCUT2D eigenvalue weighted by Gasteiger charge is -2.21. The van der Waals surface area contributed by atoms with Crippen molar-refractivity contribution in [2.45, 2.75) is 18.9 Å². The molecule has 1 N–H and O–H groups in total. The number of hydrogen-bond donors (Lipinski definition) is 1. The Hall–Kier alpha value is -0.580. The molecule has 0 spiro atoms. The Labute approximate surface area is 121 Å². The van der Waals surface area contributed by atoms with Gasteiger partial charge in [0.25, 0.3) is 5.91 Å². The van der Waals surface area contributed by atoms with E-state index < -0.39 is 0 Å². The SMILES string of the molecule is CN(CC1CCCN1)C(=O)c1ccc(Br)c(Cl)c1. The van der Waals surface area contributed by atoms with Gasteiger partial charge in [-0.25, -0.2) is 0 Å². The Kier molecular flexibility index (Phi) is 4.65. The summed E-state index contributed by atoms with van der Waals surface area (Å²) in [7, 11) is 1.83.